The minimum absolute atomic E-state index is 0.0827. The zero-order chi connectivity index (χ0) is 17.3. The Morgan fingerprint density at radius 2 is 1.71 bits per heavy atom. The fraction of sp³-hybridized carbons (Fsp3) is 0.438. The molecule has 2 saturated heterocycles. The van der Waals surface area contributed by atoms with Crippen LogP contribution in [0.3, 0.4) is 0 Å². The molecule has 1 atom stereocenters. The van der Waals surface area contributed by atoms with Gasteiger partial charge in [-0.3, -0.25) is 14.4 Å². The molecule has 0 aromatic heterocycles. The molecule has 24 heavy (non-hydrogen) atoms. The highest BCUT2D eigenvalue weighted by molar-refractivity contribution is 5.94. The largest absolute Gasteiger partial charge is 0.355 e. The van der Waals surface area contributed by atoms with Crippen LogP contribution in [0.25, 0.3) is 0 Å². The van der Waals surface area contributed by atoms with Gasteiger partial charge in [-0.2, -0.15) is 0 Å². The molecule has 1 aromatic carbocycles. The van der Waals surface area contributed by atoms with Crippen molar-refractivity contribution in [3.05, 3.63) is 35.4 Å². The molecule has 3 rings (SSSR count). The Hall–Kier alpha value is -2.51. The highest BCUT2D eigenvalue weighted by Gasteiger charge is 2.33. The summed E-state index contributed by atoms with van der Waals surface area (Å²) in [4.78, 5) is 39.0. The highest BCUT2D eigenvalue weighted by atomic mass is 19.2. The van der Waals surface area contributed by atoms with Crippen molar-refractivity contribution < 1.29 is 23.2 Å². The zero-order valence-electron chi connectivity index (χ0n) is 12.9. The van der Waals surface area contributed by atoms with Crippen LogP contribution in [-0.4, -0.2) is 60.2 Å². The van der Waals surface area contributed by atoms with E-state index in [2.05, 4.69) is 5.32 Å². The maximum absolute atomic E-state index is 13.2. The van der Waals surface area contributed by atoms with Crippen LogP contribution in [0.1, 0.15) is 16.8 Å². The van der Waals surface area contributed by atoms with Crippen molar-refractivity contribution in [2.75, 3.05) is 32.7 Å². The first-order chi connectivity index (χ1) is 11.5. The van der Waals surface area contributed by atoms with Crippen LogP contribution in [0.15, 0.2) is 18.2 Å². The fourth-order valence-electron chi connectivity index (χ4n) is 2.98. The fourth-order valence-corrected chi connectivity index (χ4v) is 2.98. The van der Waals surface area contributed by atoms with Crippen LogP contribution < -0.4 is 5.32 Å². The van der Waals surface area contributed by atoms with Gasteiger partial charge < -0.3 is 15.1 Å². The second-order valence-corrected chi connectivity index (χ2v) is 5.95. The van der Waals surface area contributed by atoms with E-state index >= 15 is 0 Å². The van der Waals surface area contributed by atoms with E-state index in [-0.39, 0.29) is 29.7 Å². The molecule has 2 heterocycles. The number of rotatable bonds is 2. The van der Waals surface area contributed by atoms with Gasteiger partial charge >= 0.3 is 0 Å². The average molecular weight is 337 g/mol. The van der Waals surface area contributed by atoms with Gasteiger partial charge in [-0.15, -0.1) is 0 Å². The third kappa shape index (κ3) is 3.22. The summed E-state index contributed by atoms with van der Waals surface area (Å²) in [6.45, 7) is 1.71. The van der Waals surface area contributed by atoms with Gasteiger partial charge in [0.2, 0.25) is 11.8 Å². The number of amides is 3. The molecule has 0 bridgehead atoms. The molecular formula is C16H17F2N3O3. The van der Waals surface area contributed by atoms with Crippen molar-refractivity contribution in [3.63, 3.8) is 0 Å². The van der Waals surface area contributed by atoms with E-state index < -0.39 is 17.5 Å². The summed E-state index contributed by atoms with van der Waals surface area (Å²) >= 11 is 0. The lowest BCUT2D eigenvalue weighted by molar-refractivity contribution is -0.137. The average Bonchev–Trinajstić information content (AvgIpc) is 3.02. The van der Waals surface area contributed by atoms with Crippen molar-refractivity contribution in [1.82, 2.24) is 15.1 Å². The van der Waals surface area contributed by atoms with Crippen LogP contribution in [0.2, 0.25) is 0 Å². The highest BCUT2D eigenvalue weighted by Crippen LogP contribution is 2.16. The molecule has 0 aliphatic carbocycles. The second kappa shape index (κ2) is 6.54. The smallest absolute Gasteiger partial charge is 0.254 e. The van der Waals surface area contributed by atoms with Gasteiger partial charge in [-0.1, -0.05) is 0 Å². The summed E-state index contributed by atoms with van der Waals surface area (Å²) < 4.78 is 26.2. The SMILES string of the molecule is O=C1CC(C(=O)N2CCN(C(=O)c3ccc(F)c(F)c3)CC2)CN1. The van der Waals surface area contributed by atoms with Crippen molar-refractivity contribution in [2.45, 2.75) is 6.42 Å². The van der Waals surface area contributed by atoms with Crippen molar-refractivity contribution in [2.24, 2.45) is 5.92 Å². The van der Waals surface area contributed by atoms with E-state index in [0.29, 0.717) is 32.7 Å². The second-order valence-electron chi connectivity index (χ2n) is 5.95. The Morgan fingerprint density at radius 3 is 2.29 bits per heavy atom. The lowest BCUT2D eigenvalue weighted by Crippen LogP contribution is -2.52. The van der Waals surface area contributed by atoms with Crippen molar-refractivity contribution in [1.29, 1.82) is 0 Å². The Bertz CT molecular complexity index is 687. The lowest BCUT2D eigenvalue weighted by atomic mass is 10.1. The predicted molar refractivity (Wildman–Crippen MR) is 80.0 cm³/mol. The van der Waals surface area contributed by atoms with Crippen LogP contribution in [0, 0.1) is 17.6 Å². The molecule has 2 fully saturated rings. The van der Waals surface area contributed by atoms with Crippen molar-refractivity contribution >= 4 is 17.7 Å². The van der Waals surface area contributed by atoms with Crippen LogP contribution in [0.4, 0.5) is 8.78 Å². The first kappa shape index (κ1) is 16.4. The lowest BCUT2D eigenvalue weighted by Gasteiger charge is -2.35. The quantitative estimate of drug-likeness (QED) is 0.849. The monoisotopic (exact) mass is 337 g/mol. The van der Waals surface area contributed by atoms with Gasteiger partial charge in [-0.05, 0) is 18.2 Å². The molecule has 2 aliphatic heterocycles. The Kier molecular flexibility index (Phi) is 4.46. The number of halogens is 2. The molecule has 128 valence electrons. The molecule has 8 heteroatoms. The number of hydrogen-bond donors (Lipinski definition) is 1. The van der Waals surface area contributed by atoms with Crippen LogP contribution in [0.5, 0.6) is 0 Å². The van der Waals surface area contributed by atoms with E-state index in [4.69, 9.17) is 0 Å². The molecule has 3 amide bonds. The molecule has 1 N–H and O–H groups in total. The van der Waals surface area contributed by atoms with E-state index in [1.165, 1.54) is 11.0 Å². The maximum atomic E-state index is 13.2. The third-order valence-electron chi connectivity index (χ3n) is 4.37. The summed E-state index contributed by atoms with van der Waals surface area (Å²) in [5.74, 6) is -3.01. The Morgan fingerprint density at radius 1 is 1.04 bits per heavy atom. The van der Waals surface area contributed by atoms with Gasteiger partial charge in [0.1, 0.15) is 0 Å². The number of nitrogens with one attached hydrogen (secondary N) is 1. The number of carbonyl (C=O) groups excluding carboxylic acids is 3. The minimum Gasteiger partial charge on any atom is -0.355 e. The van der Waals surface area contributed by atoms with Gasteiger partial charge in [0.05, 0.1) is 5.92 Å². The Labute approximate surface area is 137 Å². The molecule has 0 saturated carbocycles. The van der Waals surface area contributed by atoms with Crippen molar-refractivity contribution in [3.8, 4) is 0 Å². The standard InChI is InChI=1S/C16H17F2N3O3/c17-12-2-1-10(7-13(12)18)15(23)20-3-5-21(6-4-20)16(24)11-8-14(22)19-9-11/h1-2,7,11H,3-6,8-9H2,(H,19,22). The summed E-state index contributed by atoms with van der Waals surface area (Å²) in [5, 5.41) is 2.63. The van der Waals surface area contributed by atoms with E-state index in [0.717, 1.165) is 12.1 Å². The molecule has 1 aromatic rings. The van der Waals surface area contributed by atoms with Gasteiger partial charge in [0, 0.05) is 44.7 Å². The summed E-state index contributed by atoms with van der Waals surface area (Å²) in [6, 6.07) is 3.05. The van der Waals surface area contributed by atoms with E-state index in [1.54, 1.807) is 4.90 Å². The minimum atomic E-state index is -1.06. The number of carbonyl (C=O) groups is 3. The van der Waals surface area contributed by atoms with E-state index in [9.17, 15) is 23.2 Å². The van der Waals surface area contributed by atoms with Gasteiger partial charge in [-0.25, -0.2) is 8.78 Å². The molecule has 0 spiro atoms. The molecule has 0 radical (unpaired) electrons. The summed E-state index contributed by atoms with van der Waals surface area (Å²) in [6.07, 6.45) is 0.201. The normalized spacial score (nSPS) is 20.9. The molecule has 2 aliphatic rings. The summed E-state index contributed by atoms with van der Waals surface area (Å²) in [5.41, 5.74) is 0.0827. The number of hydrogen-bond acceptors (Lipinski definition) is 3. The number of nitrogens with zero attached hydrogens (tertiary/aromatic N) is 2. The summed E-state index contributed by atoms with van der Waals surface area (Å²) in [7, 11) is 0. The maximum Gasteiger partial charge on any atom is 0.254 e. The van der Waals surface area contributed by atoms with Crippen LogP contribution >= 0.6 is 0 Å². The predicted octanol–water partition coefficient (Wildman–Crippen LogP) is 0.385. The Balaban J connectivity index is 1.58. The van der Waals surface area contributed by atoms with E-state index in [1.807, 2.05) is 0 Å². The number of benzene rings is 1. The van der Waals surface area contributed by atoms with Gasteiger partial charge in [0.25, 0.3) is 5.91 Å². The molecule has 1 unspecified atom stereocenters. The molecule has 6 nitrogen and oxygen atoms in total. The topological polar surface area (TPSA) is 69.7 Å². The third-order valence-corrected chi connectivity index (χ3v) is 4.37. The van der Waals surface area contributed by atoms with Gasteiger partial charge in [0.15, 0.2) is 11.6 Å². The number of piperazine rings is 1. The zero-order valence-corrected chi connectivity index (χ0v) is 12.9. The molecular weight excluding hydrogens is 320 g/mol. The first-order valence-electron chi connectivity index (χ1n) is 7.75. The van der Waals surface area contributed by atoms with Crippen LogP contribution in [-0.2, 0) is 9.59 Å². The first-order valence-corrected chi connectivity index (χ1v) is 7.75.